The van der Waals surface area contributed by atoms with Crippen molar-refractivity contribution in [1.29, 1.82) is 0 Å². The van der Waals surface area contributed by atoms with Gasteiger partial charge in [0.2, 0.25) is 0 Å². The first kappa shape index (κ1) is 18.7. The number of hydrogen-bond acceptors (Lipinski definition) is 2. The van der Waals surface area contributed by atoms with Crippen molar-refractivity contribution in [3.8, 4) is 0 Å². The minimum Gasteiger partial charge on any atom is -0.469 e. The van der Waals surface area contributed by atoms with Crippen LogP contribution in [0.3, 0.4) is 0 Å². The second kappa shape index (κ2) is 9.57. The second-order valence-electron chi connectivity index (χ2n) is 5.17. The van der Waals surface area contributed by atoms with Crippen LogP contribution in [0.4, 0.5) is 0 Å². The molecule has 1 aromatic carbocycles. The van der Waals surface area contributed by atoms with Crippen LogP contribution in [0.15, 0.2) is 24.3 Å². The van der Waals surface area contributed by atoms with Crippen molar-refractivity contribution in [3.63, 3.8) is 0 Å². The SMILES string of the molecule is CC.CCC(c1ccc(C(C)C(=O)OC)cc1)C(C)C. The molecule has 1 aromatic rings. The fourth-order valence-electron chi connectivity index (χ4n) is 2.44. The highest BCUT2D eigenvalue weighted by Gasteiger charge is 2.17. The van der Waals surface area contributed by atoms with Gasteiger partial charge in [-0.15, -0.1) is 0 Å². The Morgan fingerprint density at radius 2 is 1.50 bits per heavy atom. The van der Waals surface area contributed by atoms with Crippen molar-refractivity contribution in [2.24, 2.45) is 5.92 Å². The fraction of sp³-hybridized carbons (Fsp3) is 0.611. The van der Waals surface area contributed by atoms with Gasteiger partial charge in [0, 0.05) is 0 Å². The van der Waals surface area contributed by atoms with Crippen molar-refractivity contribution in [2.75, 3.05) is 7.11 Å². The average molecular weight is 278 g/mol. The molecule has 1 rings (SSSR count). The molecule has 0 spiro atoms. The van der Waals surface area contributed by atoms with Crippen LogP contribution in [-0.2, 0) is 9.53 Å². The topological polar surface area (TPSA) is 26.3 Å². The van der Waals surface area contributed by atoms with Crippen LogP contribution in [0.25, 0.3) is 0 Å². The van der Waals surface area contributed by atoms with E-state index < -0.39 is 0 Å². The molecule has 2 nitrogen and oxygen atoms in total. The Balaban J connectivity index is 0.00000172. The summed E-state index contributed by atoms with van der Waals surface area (Å²) in [6.45, 7) is 12.6. The van der Waals surface area contributed by atoms with Crippen LogP contribution in [0.2, 0.25) is 0 Å². The number of esters is 1. The summed E-state index contributed by atoms with van der Waals surface area (Å²) >= 11 is 0. The number of benzene rings is 1. The molecule has 0 saturated carbocycles. The molecule has 0 bridgehead atoms. The summed E-state index contributed by atoms with van der Waals surface area (Å²) in [6, 6.07) is 8.37. The molecule has 0 N–H and O–H groups in total. The van der Waals surface area contributed by atoms with Crippen molar-refractivity contribution in [2.45, 2.75) is 59.8 Å². The molecule has 20 heavy (non-hydrogen) atoms. The Morgan fingerprint density at radius 3 is 1.85 bits per heavy atom. The van der Waals surface area contributed by atoms with E-state index in [4.69, 9.17) is 4.74 Å². The van der Waals surface area contributed by atoms with Gasteiger partial charge in [-0.25, -0.2) is 0 Å². The van der Waals surface area contributed by atoms with E-state index in [0.717, 1.165) is 12.0 Å². The van der Waals surface area contributed by atoms with Gasteiger partial charge >= 0.3 is 5.97 Å². The predicted octanol–water partition coefficient (Wildman–Crippen LogP) is 5.14. The van der Waals surface area contributed by atoms with E-state index >= 15 is 0 Å². The molecule has 0 heterocycles. The maximum Gasteiger partial charge on any atom is 0.312 e. The zero-order valence-corrected chi connectivity index (χ0v) is 14.1. The first-order valence-corrected chi connectivity index (χ1v) is 7.68. The number of carbonyl (C=O) groups excluding carboxylic acids is 1. The Labute approximate surface area is 124 Å². The predicted molar refractivity (Wildman–Crippen MR) is 86.1 cm³/mol. The molecular formula is C18H30O2. The third kappa shape index (κ3) is 4.99. The molecule has 2 heteroatoms. The molecule has 0 aliphatic rings. The van der Waals surface area contributed by atoms with E-state index in [0.29, 0.717) is 11.8 Å². The minimum absolute atomic E-state index is 0.182. The Hall–Kier alpha value is -1.31. The molecule has 0 aliphatic carbocycles. The minimum atomic E-state index is -0.192. The first-order valence-electron chi connectivity index (χ1n) is 7.68. The van der Waals surface area contributed by atoms with Gasteiger partial charge in [0.1, 0.15) is 0 Å². The lowest BCUT2D eigenvalue weighted by Gasteiger charge is -2.20. The maximum absolute atomic E-state index is 11.5. The largest absolute Gasteiger partial charge is 0.469 e. The highest BCUT2D eigenvalue weighted by Crippen LogP contribution is 2.28. The summed E-state index contributed by atoms with van der Waals surface area (Å²) in [6.07, 6.45) is 1.14. The zero-order chi connectivity index (χ0) is 15.7. The number of carbonyl (C=O) groups is 1. The van der Waals surface area contributed by atoms with Gasteiger partial charge in [0.25, 0.3) is 0 Å². The van der Waals surface area contributed by atoms with E-state index in [-0.39, 0.29) is 11.9 Å². The van der Waals surface area contributed by atoms with E-state index in [2.05, 4.69) is 32.9 Å². The summed E-state index contributed by atoms with van der Waals surface area (Å²) in [4.78, 5) is 11.5. The summed E-state index contributed by atoms with van der Waals surface area (Å²) in [7, 11) is 1.43. The summed E-state index contributed by atoms with van der Waals surface area (Å²) in [5.41, 5.74) is 2.37. The first-order chi connectivity index (χ1) is 9.51. The highest BCUT2D eigenvalue weighted by molar-refractivity contribution is 5.77. The van der Waals surface area contributed by atoms with Gasteiger partial charge in [-0.3, -0.25) is 4.79 Å². The molecule has 0 aliphatic heterocycles. The van der Waals surface area contributed by atoms with Gasteiger partial charge in [-0.2, -0.15) is 0 Å². The third-order valence-corrected chi connectivity index (χ3v) is 3.66. The number of rotatable bonds is 5. The summed E-state index contributed by atoms with van der Waals surface area (Å²) in [5.74, 6) is 0.855. The van der Waals surface area contributed by atoms with E-state index in [9.17, 15) is 4.79 Å². The summed E-state index contributed by atoms with van der Waals surface area (Å²) in [5, 5.41) is 0. The maximum atomic E-state index is 11.5. The molecule has 2 atom stereocenters. The van der Waals surface area contributed by atoms with Crippen LogP contribution in [0, 0.1) is 5.92 Å². The lowest BCUT2D eigenvalue weighted by molar-refractivity contribution is -0.141. The van der Waals surface area contributed by atoms with Crippen molar-refractivity contribution in [3.05, 3.63) is 35.4 Å². The van der Waals surface area contributed by atoms with E-state index in [1.165, 1.54) is 12.7 Å². The van der Waals surface area contributed by atoms with Crippen LogP contribution < -0.4 is 0 Å². The van der Waals surface area contributed by atoms with Crippen molar-refractivity contribution < 1.29 is 9.53 Å². The molecule has 0 amide bonds. The standard InChI is InChI=1S/C16H24O2.C2H6/c1-6-15(11(2)3)14-9-7-13(8-10-14)12(4)16(17)18-5;1-2/h7-12,15H,6H2,1-5H3;1-2H3. The highest BCUT2D eigenvalue weighted by atomic mass is 16.5. The Kier molecular flexibility index (Phi) is 8.94. The van der Waals surface area contributed by atoms with Gasteiger partial charge < -0.3 is 4.74 Å². The molecular weight excluding hydrogens is 248 g/mol. The number of methoxy groups -OCH3 is 1. The quantitative estimate of drug-likeness (QED) is 0.697. The lowest BCUT2D eigenvalue weighted by atomic mass is 9.85. The van der Waals surface area contributed by atoms with Gasteiger partial charge in [-0.1, -0.05) is 58.9 Å². The van der Waals surface area contributed by atoms with Gasteiger partial charge in [0.15, 0.2) is 0 Å². The Bertz CT molecular complexity index is 379. The number of ether oxygens (including phenoxy) is 1. The van der Waals surface area contributed by atoms with E-state index in [1.54, 1.807) is 0 Å². The summed E-state index contributed by atoms with van der Waals surface area (Å²) < 4.78 is 4.76. The lowest BCUT2D eigenvalue weighted by Crippen LogP contribution is -2.11. The molecule has 0 fully saturated rings. The van der Waals surface area contributed by atoms with Crippen LogP contribution in [-0.4, -0.2) is 13.1 Å². The normalized spacial score (nSPS) is 13.2. The fourth-order valence-corrected chi connectivity index (χ4v) is 2.44. The molecule has 0 saturated heterocycles. The van der Waals surface area contributed by atoms with Crippen molar-refractivity contribution >= 4 is 5.97 Å². The van der Waals surface area contributed by atoms with Gasteiger partial charge in [0.05, 0.1) is 13.0 Å². The molecule has 0 aromatic heterocycles. The third-order valence-electron chi connectivity index (χ3n) is 3.66. The second-order valence-corrected chi connectivity index (χ2v) is 5.17. The van der Waals surface area contributed by atoms with Crippen molar-refractivity contribution in [1.82, 2.24) is 0 Å². The average Bonchev–Trinajstić information content (AvgIpc) is 2.48. The van der Waals surface area contributed by atoms with E-state index in [1.807, 2.05) is 32.9 Å². The van der Waals surface area contributed by atoms with Crippen LogP contribution in [0.5, 0.6) is 0 Å². The van der Waals surface area contributed by atoms with Crippen LogP contribution >= 0.6 is 0 Å². The van der Waals surface area contributed by atoms with Crippen LogP contribution in [0.1, 0.15) is 70.9 Å². The molecule has 0 radical (unpaired) electrons. The number of hydrogen-bond donors (Lipinski definition) is 0. The monoisotopic (exact) mass is 278 g/mol. The molecule has 114 valence electrons. The van der Waals surface area contributed by atoms with Gasteiger partial charge in [-0.05, 0) is 36.3 Å². The smallest absolute Gasteiger partial charge is 0.312 e. The molecule has 2 unspecified atom stereocenters. The zero-order valence-electron chi connectivity index (χ0n) is 14.1. The Morgan fingerprint density at radius 1 is 1.05 bits per heavy atom.